The molecule has 0 radical (unpaired) electrons. The maximum absolute atomic E-state index is 12.0. The predicted octanol–water partition coefficient (Wildman–Crippen LogP) is 1.29. The van der Waals surface area contributed by atoms with Crippen molar-refractivity contribution in [1.29, 1.82) is 0 Å². The van der Waals surface area contributed by atoms with Gasteiger partial charge in [0.1, 0.15) is 0 Å². The van der Waals surface area contributed by atoms with E-state index in [9.17, 15) is 4.79 Å². The van der Waals surface area contributed by atoms with Crippen LogP contribution in [0.4, 0.5) is 0 Å². The molecule has 2 heterocycles. The summed E-state index contributed by atoms with van der Waals surface area (Å²) in [5.74, 6) is -0.0418. The molecule has 0 aromatic carbocycles. The molecule has 0 saturated heterocycles. The molecule has 0 bridgehead atoms. The molecule has 2 rings (SSSR count). The third kappa shape index (κ3) is 2.86. The zero-order valence-electron chi connectivity index (χ0n) is 10.2. The molecule has 1 aromatic heterocycles. The van der Waals surface area contributed by atoms with E-state index in [-0.39, 0.29) is 11.4 Å². The number of thiophene rings is 1. The van der Waals surface area contributed by atoms with E-state index in [1.807, 2.05) is 19.9 Å². The van der Waals surface area contributed by atoms with Gasteiger partial charge in [-0.25, -0.2) is 0 Å². The number of hydrogen-bond donors (Lipinski definition) is 2. The standard InChI is InChI=1S/C12H18N2O2S/c1-12(2,7-13)14-11(15)10-5-8-6-16-4-3-9(8)17-10/h5H,3-4,6-7,13H2,1-2H3,(H,14,15). The first-order valence-corrected chi connectivity index (χ1v) is 6.55. The van der Waals surface area contributed by atoms with Gasteiger partial charge in [0.2, 0.25) is 0 Å². The fourth-order valence-corrected chi connectivity index (χ4v) is 2.72. The van der Waals surface area contributed by atoms with E-state index in [1.165, 1.54) is 4.88 Å². The van der Waals surface area contributed by atoms with E-state index >= 15 is 0 Å². The summed E-state index contributed by atoms with van der Waals surface area (Å²) in [6, 6.07) is 1.93. The fourth-order valence-electron chi connectivity index (χ4n) is 1.68. The number of fused-ring (bicyclic) bond motifs is 1. The average molecular weight is 254 g/mol. The molecular weight excluding hydrogens is 236 g/mol. The smallest absolute Gasteiger partial charge is 0.261 e. The van der Waals surface area contributed by atoms with Crippen LogP contribution in [0, 0.1) is 0 Å². The second-order valence-electron chi connectivity index (χ2n) is 4.90. The summed E-state index contributed by atoms with van der Waals surface area (Å²) in [6.07, 6.45) is 0.910. The van der Waals surface area contributed by atoms with Crippen molar-refractivity contribution in [1.82, 2.24) is 5.32 Å². The number of nitrogens with two attached hydrogens (primary N) is 1. The topological polar surface area (TPSA) is 64.3 Å². The third-order valence-electron chi connectivity index (χ3n) is 2.81. The minimum Gasteiger partial charge on any atom is -0.376 e. The van der Waals surface area contributed by atoms with Crippen molar-refractivity contribution in [3.8, 4) is 0 Å². The van der Waals surface area contributed by atoms with Gasteiger partial charge in [-0.15, -0.1) is 11.3 Å². The van der Waals surface area contributed by atoms with Crippen LogP contribution >= 0.6 is 11.3 Å². The Kier molecular flexibility index (Phi) is 3.51. The third-order valence-corrected chi connectivity index (χ3v) is 4.05. The monoisotopic (exact) mass is 254 g/mol. The average Bonchev–Trinajstić information content (AvgIpc) is 2.72. The Balaban J connectivity index is 2.12. The Bertz CT molecular complexity index is 403. The van der Waals surface area contributed by atoms with Gasteiger partial charge in [-0.2, -0.15) is 0 Å². The van der Waals surface area contributed by atoms with Crippen molar-refractivity contribution in [2.75, 3.05) is 13.2 Å². The number of amides is 1. The van der Waals surface area contributed by atoms with Crippen LogP contribution in [0.15, 0.2) is 6.07 Å². The van der Waals surface area contributed by atoms with Crippen LogP contribution in [0.3, 0.4) is 0 Å². The van der Waals surface area contributed by atoms with Crippen LogP contribution in [0.1, 0.15) is 34.0 Å². The second-order valence-corrected chi connectivity index (χ2v) is 6.04. The van der Waals surface area contributed by atoms with Crippen molar-refractivity contribution in [2.24, 2.45) is 5.73 Å². The minimum atomic E-state index is -0.363. The van der Waals surface area contributed by atoms with Crippen molar-refractivity contribution in [3.63, 3.8) is 0 Å². The van der Waals surface area contributed by atoms with Crippen LogP contribution in [0.5, 0.6) is 0 Å². The highest BCUT2D eigenvalue weighted by molar-refractivity contribution is 7.14. The van der Waals surface area contributed by atoms with Gasteiger partial charge in [0.25, 0.3) is 5.91 Å². The fraction of sp³-hybridized carbons (Fsp3) is 0.583. The first kappa shape index (κ1) is 12.5. The number of ether oxygens (including phenoxy) is 1. The molecule has 4 nitrogen and oxygen atoms in total. The quantitative estimate of drug-likeness (QED) is 0.854. The molecule has 0 aliphatic carbocycles. The molecule has 0 unspecified atom stereocenters. The van der Waals surface area contributed by atoms with E-state index in [0.29, 0.717) is 13.2 Å². The van der Waals surface area contributed by atoms with Gasteiger partial charge < -0.3 is 15.8 Å². The summed E-state index contributed by atoms with van der Waals surface area (Å²) < 4.78 is 5.37. The number of carbonyl (C=O) groups is 1. The minimum absolute atomic E-state index is 0.0418. The maximum atomic E-state index is 12.0. The Morgan fingerprint density at radius 1 is 1.65 bits per heavy atom. The molecule has 1 aromatic rings. The highest BCUT2D eigenvalue weighted by Gasteiger charge is 2.22. The molecule has 94 valence electrons. The SMILES string of the molecule is CC(C)(CN)NC(=O)c1cc2c(s1)CCOC2. The van der Waals surface area contributed by atoms with Gasteiger partial charge in [-0.1, -0.05) is 0 Å². The summed E-state index contributed by atoms with van der Waals surface area (Å²) >= 11 is 1.56. The lowest BCUT2D eigenvalue weighted by Crippen LogP contribution is -2.48. The Labute approximate surface area is 105 Å². The van der Waals surface area contributed by atoms with E-state index in [1.54, 1.807) is 11.3 Å². The lowest BCUT2D eigenvalue weighted by Gasteiger charge is -2.23. The Morgan fingerprint density at radius 3 is 3.06 bits per heavy atom. The summed E-state index contributed by atoms with van der Waals surface area (Å²) in [5, 5.41) is 2.94. The molecule has 1 aliphatic heterocycles. The lowest BCUT2D eigenvalue weighted by atomic mass is 10.1. The molecule has 0 spiro atoms. The molecule has 0 fully saturated rings. The first-order chi connectivity index (χ1) is 8.02. The number of rotatable bonds is 3. The van der Waals surface area contributed by atoms with Gasteiger partial charge in [0, 0.05) is 23.4 Å². The number of hydrogen-bond acceptors (Lipinski definition) is 4. The maximum Gasteiger partial charge on any atom is 0.261 e. The molecule has 17 heavy (non-hydrogen) atoms. The van der Waals surface area contributed by atoms with E-state index in [0.717, 1.165) is 23.5 Å². The first-order valence-electron chi connectivity index (χ1n) is 5.74. The van der Waals surface area contributed by atoms with Crippen LogP contribution in [0.25, 0.3) is 0 Å². The molecular formula is C12H18N2O2S. The summed E-state index contributed by atoms with van der Waals surface area (Å²) in [5.41, 5.74) is 6.39. The van der Waals surface area contributed by atoms with Crippen LogP contribution in [0.2, 0.25) is 0 Å². The van der Waals surface area contributed by atoms with Crippen LogP contribution in [-0.4, -0.2) is 24.6 Å². The molecule has 5 heteroatoms. The van der Waals surface area contributed by atoms with E-state index in [4.69, 9.17) is 10.5 Å². The van der Waals surface area contributed by atoms with Gasteiger partial charge in [0.05, 0.1) is 18.1 Å². The van der Waals surface area contributed by atoms with Crippen LogP contribution < -0.4 is 11.1 Å². The summed E-state index contributed by atoms with van der Waals surface area (Å²) in [4.78, 5) is 14.1. The highest BCUT2D eigenvalue weighted by atomic mass is 32.1. The molecule has 1 aliphatic rings. The highest BCUT2D eigenvalue weighted by Crippen LogP contribution is 2.27. The van der Waals surface area contributed by atoms with E-state index < -0.39 is 0 Å². The normalized spacial score (nSPS) is 15.5. The zero-order valence-corrected chi connectivity index (χ0v) is 11.0. The molecule has 0 atom stereocenters. The van der Waals surface area contributed by atoms with Gasteiger partial charge in [-0.05, 0) is 25.5 Å². The molecule has 0 saturated carbocycles. The predicted molar refractivity (Wildman–Crippen MR) is 68.3 cm³/mol. The van der Waals surface area contributed by atoms with Crippen molar-refractivity contribution >= 4 is 17.2 Å². The lowest BCUT2D eigenvalue weighted by molar-refractivity contribution is 0.0919. The van der Waals surface area contributed by atoms with Gasteiger partial charge in [-0.3, -0.25) is 4.79 Å². The van der Waals surface area contributed by atoms with Crippen molar-refractivity contribution in [2.45, 2.75) is 32.4 Å². The van der Waals surface area contributed by atoms with Gasteiger partial charge in [0.15, 0.2) is 0 Å². The molecule has 1 amide bonds. The summed E-state index contributed by atoms with van der Waals surface area (Å²) in [6.45, 7) is 5.64. The number of carbonyl (C=O) groups excluding carboxylic acids is 1. The van der Waals surface area contributed by atoms with Crippen molar-refractivity contribution in [3.05, 3.63) is 21.4 Å². The van der Waals surface area contributed by atoms with E-state index in [2.05, 4.69) is 5.32 Å². The number of nitrogens with one attached hydrogen (secondary N) is 1. The summed E-state index contributed by atoms with van der Waals surface area (Å²) in [7, 11) is 0. The zero-order chi connectivity index (χ0) is 12.5. The van der Waals surface area contributed by atoms with Gasteiger partial charge >= 0.3 is 0 Å². The Morgan fingerprint density at radius 2 is 2.41 bits per heavy atom. The van der Waals surface area contributed by atoms with Crippen molar-refractivity contribution < 1.29 is 9.53 Å². The largest absolute Gasteiger partial charge is 0.376 e. The Hall–Kier alpha value is -0.910. The van der Waals surface area contributed by atoms with Crippen LogP contribution in [-0.2, 0) is 17.8 Å². The second kappa shape index (κ2) is 4.76. The molecule has 3 N–H and O–H groups in total.